The molecule has 144 valence electrons. The Labute approximate surface area is 167 Å². The summed E-state index contributed by atoms with van der Waals surface area (Å²) in [4.78, 5) is 34.5. The Kier molecular flexibility index (Phi) is 4.31. The van der Waals surface area contributed by atoms with Crippen LogP contribution in [0.25, 0.3) is 10.2 Å². The second kappa shape index (κ2) is 6.85. The third-order valence-electron chi connectivity index (χ3n) is 6.20. The molecule has 0 N–H and O–H groups in total. The first-order chi connectivity index (χ1) is 13.6. The summed E-state index contributed by atoms with van der Waals surface area (Å²) in [7, 11) is 1.86. The molecule has 0 aliphatic heterocycles. The molecule has 6 heteroatoms. The van der Waals surface area contributed by atoms with Crippen molar-refractivity contribution in [1.29, 1.82) is 0 Å². The fourth-order valence-electron chi connectivity index (χ4n) is 4.69. The first-order valence-corrected chi connectivity index (χ1v) is 10.8. The normalized spacial score (nSPS) is 18.1. The number of benzene rings is 1. The summed E-state index contributed by atoms with van der Waals surface area (Å²) in [5, 5.41) is 0.735. The highest BCUT2D eigenvalue weighted by Gasteiger charge is 2.27. The van der Waals surface area contributed by atoms with E-state index in [2.05, 4.69) is 23.2 Å². The lowest BCUT2D eigenvalue weighted by Gasteiger charge is -2.33. The van der Waals surface area contributed by atoms with Crippen molar-refractivity contribution >= 4 is 27.5 Å². The Morgan fingerprint density at radius 2 is 2.11 bits per heavy atom. The van der Waals surface area contributed by atoms with Gasteiger partial charge in [0.15, 0.2) is 0 Å². The molecule has 1 atom stereocenters. The van der Waals surface area contributed by atoms with Crippen molar-refractivity contribution in [3.63, 3.8) is 0 Å². The number of aromatic nitrogens is 2. The van der Waals surface area contributed by atoms with Crippen LogP contribution in [0.1, 0.15) is 46.9 Å². The van der Waals surface area contributed by atoms with Gasteiger partial charge in [-0.15, -0.1) is 11.3 Å². The van der Waals surface area contributed by atoms with Gasteiger partial charge in [0.25, 0.3) is 5.56 Å². The van der Waals surface area contributed by atoms with E-state index in [0.29, 0.717) is 0 Å². The number of likely N-dealkylation sites (N-methyl/N-ethyl adjacent to an activating group) is 1. The largest absolute Gasteiger partial charge is 0.337 e. The molecule has 0 radical (unpaired) electrons. The maximum absolute atomic E-state index is 13.0. The van der Waals surface area contributed by atoms with Crippen LogP contribution in [0.5, 0.6) is 0 Å². The van der Waals surface area contributed by atoms with Crippen LogP contribution in [-0.2, 0) is 30.6 Å². The summed E-state index contributed by atoms with van der Waals surface area (Å²) in [5.74, 6) is -0.0446. The van der Waals surface area contributed by atoms with Crippen LogP contribution in [-0.4, -0.2) is 27.4 Å². The lowest BCUT2D eigenvalue weighted by atomic mass is 9.87. The lowest BCUT2D eigenvalue weighted by Crippen LogP contribution is -2.37. The summed E-state index contributed by atoms with van der Waals surface area (Å²) in [6.45, 7) is 0.0432. The minimum Gasteiger partial charge on any atom is -0.337 e. The van der Waals surface area contributed by atoms with Crippen LogP contribution >= 0.6 is 11.3 Å². The first kappa shape index (κ1) is 17.6. The highest BCUT2D eigenvalue weighted by atomic mass is 32.1. The zero-order chi connectivity index (χ0) is 19.3. The highest BCUT2D eigenvalue weighted by molar-refractivity contribution is 7.18. The van der Waals surface area contributed by atoms with Crippen molar-refractivity contribution in [2.45, 2.75) is 51.1 Å². The molecule has 0 fully saturated rings. The monoisotopic (exact) mass is 393 g/mol. The Morgan fingerprint density at radius 1 is 1.25 bits per heavy atom. The molecule has 0 saturated carbocycles. The van der Waals surface area contributed by atoms with Crippen LogP contribution < -0.4 is 5.56 Å². The SMILES string of the molecule is CN(C(=O)Cn1cnc2sc3c(c2c1=O)CCC3)C1CCCc2ccccc21. The smallest absolute Gasteiger partial charge is 0.262 e. The van der Waals surface area contributed by atoms with Gasteiger partial charge < -0.3 is 4.90 Å². The second-order valence-corrected chi connectivity index (χ2v) is 8.91. The minimum atomic E-state index is -0.0739. The first-order valence-electron chi connectivity index (χ1n) is 9.96. The van der Waals surface area contributed by atoms with Gasteiger partial charge in [-0.05, 0) is 55.2 Å². The molecule has 2 aliphatic rings. The van der Waals surface area contributed by atoms with Crippen molar-refractivity contribution in [3.05, 3.63) is 62.5 Å². The number of amides is 1. The average molecular weight is 394 g/mol. The summed E-state index contributed by atoms with van der Waals surface area (Å²) in [5.41, 5.74) is 3.65. The topological polar surface area (TPSA) is 55.2 Å². The molecule has 2 heterocycles. The van der Waals surface area contributed by atoms with Crippen LogP contribution in [0.15, 0.2) is 35.4 Å². The number of fused-ring (bicyclic) bond motifs is 4. The van der Waals surface area contributed by atoms with Gasteiger partial charge in [-0.1, -0.05) is 24.3 Å². The van der Waals surface area contributed by atoms with Crippen molar-refractivity contribution in [3.8, 4) is 0 Å². The van der Waals surface area contributed by atoms with E-state index in [1.165, 1.54) is 26.9 Å². The van der Waals surface area contributed by atoms with Crippen LogP contribution in [0.2, 0.25) is 0 Å². The summed E-state index contributed by atoms with van der Waals surface area (Å²) < 4.78 is 1.49. The molecular weight excluding hydrogens is 370 g/mol. The van der Waals surface area contributed by atoms with Gasteiger partial charge in [-0.3, -0.25) is 14.2 Å². The van der Waals surface area contributed by atoms with E-state index in [9.17, 15) is 9.59 Å². The Bertz CT molecular complexity index is 1130. The quantitative estimate of drug-likeness (QED) is 0.685. The molecule has 2 aromatic heterocycles. The van der Waals surface area contributed by atoms with E-state index >= 15 is 0 Å². The number of carbonyl (C=O) groups excluding carboxylic acids is 1. The third kappa shape index (κ3) is 2.78. The van der Waals surface area contributed by atoms with Gasteiger partial charge >= 0.3 is 0 Å². The number of rotatable bonds is 3. The number of nitrogens with zero attached hydrogens (tertiary/aromatic N) is 3. The van der Waals surface area contributed by atoms with Crippen molar-refractivity contribution < 1.29 is 4.79 Å². The minimum absolute atomic E-state index is 0.0432. The molecule has 28 heavy (non-hydrogen) atoms. The third-order valence-corrected chi connectivity index (χ3v) is 7.40. The van der Waals surface area contributed by atoms with E-state index in [0.717, 1.165) is 54.3 Å². The Hall–Kier alpha value is -2.47. The van der Waals surface area contributed by atoms with Crippen LogP contribution in [0, 0.1) is 0 Å². The maximum atomic E-state index is 13.0. The zero-order valence-corrected chi connectivity index (χ0v) is 16.8. The fourth-order valence-corrected chi connectivity index (χ4v) is 5.91. The van der Waals surface area contributed by atoms with Crippen molar-refractivity contribution in [2.24, 2.45) is 0 Å². The number of hydrogen-bond donors (Lipinski definition) is 0. The highest BCUT2D eigenvalue weighted by Crippen LogP contribution is 2.35. The van der Waals surface area contributed by atoms with E-state index in [1.807, 2.05) is 18.0 Å². The van der Waals surface area contributed by atoms with Gasteiger partial charge in [0.2, 0.25) is 5.91 Å². The van der Waals surface area contributed by atoms with Crippen molar-refractivity contribution in [1.82, 2.24) is 14.5 Å². The van der Waals surface area contributed by atoms with E-state index in [1.54, 1.807) is 11.3 Å². The summed E-state index contributed by atoms with van der Waals surface area (Å²) in [6.07, 6.45) is 7.74. The molecule has 0 spiro atoms. The molecule has 5 rings (SSSR count). The van der Waals surface area contributed by atoms with Gasteiger partial charge in [-0.25, -0.2) is 4.98 Å². The molecule has 1 aromatic carbocycles. The number of thiophene rings is 1. The summed E-state index contributed by atoms with van der Waals surface area (Å²) in [6, 6.07) is 8.45. The van der Waals surface area contributed by atoms with Crippen molar-refractivity contribution in [2.75, 3.05) is 7.05 Å². The van der Waals surface area contributed by atoms with Crippen LogP contribution in [0.4, 0.5) is 0 Å². The molecule has 2 aliphatic carbocycles. The van der Waals surface area contributed by atoms with E-state index < -0.39 is 0 Å². The number of carbonyl (C=O) groups is 1. The predicted octanol–water partition coefficient (Wildman–Crippen LogP) is 3.48. The molecule has 1 unspecified atom stereocenters. The Morgan fingerprint density at radius 3 is 3.00 bits per heavy atom. The van der Waals surface area contributed by atoms with Gasteiger partial charge in [0.05, 0.1) is 17.8 Å². The molecular formula is C22H23N3O2S. The van der Waals surface area contributed by atoms with E-state index in [4.69, 9.17) is 0 Å². The molecule has 0 saturated heterocycles. The van der Waals surface area contributed by atoms with Gasteiger partial charge in [0.1, 0.15) is 11.4 Å². The molecule has 5 nitrogen and oxygen atoms in total. The molecule has 0 bridgehead atoms. The predicted molar refractivity (Wildman–Crippen MR) is 111 cm³/mol. The zero-order valence-electron chi connectivity index (χ0n) is 16.0. The van der Waals surface area contributed by atoms with Gasteiger partial charge in [-0.2, -0.15) is 0 Å². The van der Waals surface area contributed by atoms with E-state index in [-0.39, 0.29) is 24.1 Å². The summed E-state index contributed by atoms with van der Waals surface area (Å²) >= 11 is 1.63. The maximum Gasteiger partial charge on any atom is 0.262 e. The lowest BCUT2D eigenvalue weighted by molar-refractivity contribution is -0.133. The number of aryl methyl sites for hydroxylation is 3. The second-order valence-electron chi connectivity index (χ2n) is 7.83. The Balaban J connectivity index is 1.43. The molecule has 1 amide bonds. The standard InChI is InChI=1S/C22H23N3O2S/c1-24(17-10-4-7-14-6-2-3-8-15(14)17)19(26)12-25-13-23-21-20(22(25)27)16-9-5-11-18(16)28-21/h2-3,6,8,13,17H,4-5,7,9-12H2,1H3. The number of hydrogen-bond acceptors (Lipinski definition) is 4. The fraction of sp³-hybridized carbons (Fsp3) is 0.409. The average Bonchev–Trinajstić information content (AvgIpc) is 3.30. The van der Waals surface area contributed by atoms with Crippen LogP contribution in [0.3, 0.4) is 0 Å². The van der Waals surface area contributed by atoms with Gasteiger partial charge in [0, 0.05) is 11.9 Å². The molecule has 3 aromatic rings.